The van der Waals surface area contributed by atoms with E-state index in [-0.39, 0.29) is 0 Å². The Balaban J connectivity index is 2.03. The van der Waals surface area contributed by atoms with E-state index in [1.807, 2.05) is 55.5 Å². The van der Waals surface area contributed by atoms with Crippen molar-refractivity contribution in [3.8, 4) is 5.75 Å². The fraction of sp³-hybridized carbons (Fsp3) is 0.200. The highest BCUT2D eigenvalue weighted by molar-refractivity contribution is 5.68. The van der Waals surface area contributed by atoms with Gasteiger partial charge in [0, 0.05) is 12.6 Å². The van der Waals surface area contributed by atoms with Crippen molar-refractivity contribution in [1.82, 2.24) is 0 Å². The summed E-state index contributed by atoms with van der Waals surface area (Å²) in [5.41, 5.74) is 8.68. The minimum absolute atomic E-state index is 0.566. The summed E-state index contributed by atoms with van der Waals surface area (Å²) in [7, 11) is 0. The van der Waals surface area contributed by atoms with Crippen LogP contribution in [0.4, 0.5) is 11.4 Å². The van der Waals surface area contributed by atoms with Crippen molar-refractivity contribution in [2.75, 3.05) is 17.6 Å². The van der Waals surface area contributed by atoms with Crippen molar-refractivity contribution in [3.63, 3.8) is 0 Å². The maximum Gasteiger partial charge on any atom is 0.122 e. The van der Waals surface area contributed by atoms with Crippen LogP contribution in [0.15, 0.2) is 48.5 Å². The standard InChI is InChI=1S/C15H18N2O/c1-2-17-15-10-13(8-9-14(15)16)18-11-12-6-4-3-5-7-12/h3-10,17H,2,11,16H2,1H3. The number of anilines is 2. The molecule has 0 aliphatic rings. The minimum Gasteiger partial charge on any atom is -0.489 e. The Morgan fingerprint density at radius 1 is 1.11 bits per heavy atom. The zero-order valence-electron chi connectivity index (χ0n) is 10.5. The fourth-order valence-electron chi connectivity index (χ4n) is 1.71. The van der Waals surface area contributed by atoms with Crippen molar-refractivity contribution in [1.29, 1.82) is 0 Å². The van der Waals surface area contributed by atoms with Crippen molar-refractivity contribution in [2.45, 2.75) is 13.5 Å². The van der Waals surface area contributed by atoms with Crippen molar-refractivity contribution < 1.29 is 4.74 Å². The van der Waals surface area contributed by atoms with E-state index in [9.17, 15) is 0 Å². The van der Waals surface area contributed by atoms with Crippen LogP contribution in [-0.2, 0) is 6.61 Å². The lowest BCUT2D eigenvalue weighted by Crippen LogP contribution is -2.02. The molecule has 0 unspecified atom stereocenters. The molecule has 0 bridgehead atoms. The van der Waals surface area contributed by atoms with Gasteiger partial charge in [-0.1, -0.05) is 30.3 Å². The molecular weight excluding hydrogens is 224 g/mol. The zero-order valence-corrected chi connectivity index (χ0v) is 10.5. The van der Waals surface area contributed by atoms with Gasteiger partial charge in [-0.3, -0.25) is 0 Å². The highest BCUT2D eigenvalue weighted by Crippen LogP contribution is 2.25. The van der Waals surface area contributed by atoms with Gasteiger partial charge in [-0.25, -0.2) is 0 Å². The second-order valence-electron chi connectivity index (χ2n) is 4.05. The number of nitrogen functional groups attached to an aromatic ring is 1. The minimum atomic E-state index is 0.566. The molecule has 0 saturated heterocycles. The fourth-order valence-corrected chi connectivity index (χ4v) is 1.71. The molecule has 0 aromatic heterocycles. The van der Waals surface area contributed by atoms with Crippen LogP contribution in [0.25, 0.3) is 0 Å². The average Bonchev–Trinajstić information content (AvgIpc) is 2.41. The van der Waals surface area contributed by atoms with Crippen LogP contribution in [0.3, 0.4) is 0 Å². The van der Waals surface area contributed by atoms with Crippen LogP contribution in [0.1, 0.15) is 12.5 Å². The molecule has 2 aromatic rings. The molecule has 0 heterocycles. The van der Waals surface area contributed by atoms with Gasteiger partial charge in [-0.05, 0) is 24.6 Å². The summed E-state index contributed by atoms with van der Waals surface area (Å²) in [6, 6.07) is 15.8. The third kappa shape index (κ3) is 3.17. The molecule has 0 aliphatic heterocycles. The van der Waals surface area contributed by atoms with E-state index in [2.05, 4.69) is 5.32 Å². The van der Waals surface area contributed by atoms with Crippen molar-refractivity contribution in [3.05, 3.63) is 54.1 Å². The van der Waals surface area contributed by atoms with E-state index < -0.39 is 0 Å². The predicted octanol–water partition coefficient (Wildman–Crippen LogP) is 3.28. The largest absolute Gasteiger partial charge is 0.489 e. The van der Waals surface area contributed by atoms with Crippen LogP contribution in [0.2, 0.25) is 0 Å². The molecule has 0 fully saturated rings. The SMILES string of the molecule is CCNc1cc(OCc2ccccc2)ccc1N. The third-order valence-electron chi connectivity index (χ3n) is 2.64. The first-order valence-corrected chi connectivity index (χ1v) is 6.09. The molecule has 18 heavy (non-hydrogen) atoms. The number of hydrogen-bond acceptors (Lipinski definition) is 3. The van der Waals surface area contributed by atoms with Gasteiger partial charge >= 0.3 is 0 Å². The molecule has 0 atom stereocenters. The topological polar surface area (TPSA) is 47.3 Å². The van der Waals surface area contributed by atoms with E-state index in [1.165, 1.54) is 0 Å². The highest BCUT2D eigenvalue weighted by Gasteiger charge is 2.01. The third-order valence-corrected chi connectivity index (χ3v) is 2.64. The first-order valence-electron chi connectivity index (χ1n) is 6.09. The van der Waals surface area contributed by atoms with Gasteiger partial charge in [-0.15, -0.1) is 0 Å². The summed E-state index contributed by atoms with van der Waals surface area (Å²) in [6.45, 7) is 3.44. The monoisotopic (exact) mass is 242 g/mol. The number of rotatable bonds is 5. The smallest absolute Gasteiger partial charge is 0.122 e. The number of nitrogens with one attached hydrogen (secondary N) is 1. The predicted molar refractivity (Wildman–Crippen MR) is 75.8 cm³/mol. The van der Waals surface area contributed by atoms with Crippen LogP contribution in [0.5, 0.6) is 5.75 Å². The molecule has 2 rings (SSSR count). The van der Waals surface area contributed by atoms with Gasteiger partial charge in [0.1, 0.15) is 12.4 Å². The van der Waals surface area contributed by atoms with Gasteiger partial charge < -0.3 is 15.8 Å². The van der Waals surface area contributed by atoms with Gasteiger partial charge in [0.2, 0.25) is 0 Å². The molecule has 3 heteroatoms. The molecule has 0 aliphatic carbocycles. The normalized spacial score (nSPS) is 10.1. The lowest BCUT2D eigenvalue weighted by molar-refractivity contribution is 0.306. The number of benzene rings is 2. The van der Waals surface area contributed by atoms with Gasteiger partial charge in [0.15, 0.2) is 0 Å². The molecule has 2 aromatic carbocycles. The van der Waals surface area contributed by atoms with Crippen LogP contribution >= 0.6 is 0 Å². The summed E-state index contributed by atoms with van der Waals surface area (Å²) in [4.78, 5) is 0. The van der Waals surface area contributed by atoms with Gasteiger partial charge in [0.05, 0.1) is 11.4 Å². The quantitative estimate of drug-likeness (QED) is 0.791. The van der Waals surface area contributed by atoms with Crippen molar-refractivity contribution >= 4 is 11.4 Å². The summed E-state index contributed by atoms with van der Waals surface area (Å²) >= 11 is 0. The van der Waals surface area contributed by atoms with E-state index >= 15 is 0 Å². The number of ether oxygens (including phenoxy) is 1. The van der Waals surface area contributed by atoms with E-state index in [0.717, 1.165) is 29.2 Å². The molecule has 0 spiro atoms. The van der Waals surface area contributed by atoms with E-state index in [4.69, 9.17) is 10.5 Å². The van der Waals surface area contributed by atoms with Crippen LogP contribution in [-0.4, -0.2) is 6.54 Å². The van der Waals surface area contributed by atoms with Crippen LogP contribution < -0.4 is 15.8 Å². The first kappa shape index (κ1) is 12.3. The molecular formula is C15H18N2O. The summed E-state index contributed by atoms with van der Waals surface area (Å²) in [5, 5.41) is 3.21. The number of hydrogen-bond donors (Lipinski definition) is 2. The lowest BCUT2D eigenvalue weighted by Gasteiger charge is -2.11. The first-order chi connectivity index (χ1) is 8.79. The average molecular weight is 242 g/mol. The molecule has 3 nitrogen and oxygen atoms in total. The second kappa shape index (κ2) is 5.96. The Labute approximate surface area is 108 Å². The molecule has 0 saturated carbocycles. The summed E-state index contributed by atoms with van der Waals surface area (Å²) in [5.74, 6) is 0.823. The lowest BCUT2D eigenvalue weighted by atomic mass is 10.2. The maximum atomic E-state index is 5.86. The summed E-state index contributed by atoms with van der Waals surface area (Å²) in [6.07, 6.45) is 0. The Morgan fingerprint density at radius 2 is 1.89 bits per heavy atom. The Morgan fingerprint density at radius 3 is 2.61 bits per heavy atom. The maximum absolute atomic E-state index is 5.86. The van der Waals surface area contributed by atoms with Crippen molar-refractivity contribution in [2.24, 2.45) is 0 Å². The Hall–Kier alpha value is -2.16. The molecule has 3 N–H and O–H groups in total. The molecule has 94 valence electrons. The van der Waals surface area contributed by atoms with E-state index in [1.54, 1.807) is 0 Å². The van der Waals surface area contributed by atoms with E-state index in [0.29, 0.717) is 6.61 Å². The van der Waals surface area contributed by atoms with Gasteiger partial charge in [0.25, 0.3) is 0 Å². The molecule has 0 amide bonds. The highest BCUT2D eigenvalue weighted by atomic mass is 16.5. The Kier molecular flexibility index (Phi) is 4.07. The van der Waals surface area contributed by atoms with Crippen LogP contribution in [0, 0.1) is 0 Å². The Bertz CT molecular complexity index is 497. The second-order valence-corrected chi connectivity index (χ2v) is 4.05. The van der Waals surface area contributed by atoms with Gasteiger partial charge in [-0.2, -0.15) is 0 Å². The summed E-state index contributed by atoms with van der Waals surface area (Å²) < 4.78 is 5.74. The number of nitrogens with two attached hydrogens (primary N) is 1. The zero-order chi connectivity index (χ0) is 12.8. The molecule has 0 radical (unpaired) electrons.